The van der Waals surface area contributed by atoms with Crippen LogP contribution in [0.5, 0.6) is 0 Å². The van der Waals surface area contributed by atoms with E-state index in [2.05, 4.69) is 6.58 Å². The maximum Gasteiger partial charge on any atom is 0.348 e. The van der Waals surface area contributed by atoms with Gasteiger partial charge in [-0.3, -0.25) is 4.79 Å². The van der Waals surface area contributed by atoms with Crippen molar-refractivity contribution in [3.05, 3.63) is 12.7 Å². The van der Waals surface area contributed by atoms with Gasteiger partial charge in [-0.25, -0.2) is 9.59 Å². The van der Waals surface area contributed by atoms with Gasteiger partial charge in [-0.15, -0.1) is 0 Å². The SMILES string of the molecule is C=CC(=O)OC1C(=O)OCC1C(=O)OC1CCCCO1. The lowest BCUT2D eigenvalue weighted by atomic mass is 10.1. The van der Waals surface area contributed by atoms with Crippen LogP contribution in [0.2, 0.25) is 0 Å². The molecule has 2 heterocycles. The molecule has 0 aromatic heterocycles. The summed E-state index contributed by atoms with van der Waals surface area (Å²) in [6.45, 7) is 3.60. The van der Waals surface area contributed by atoms with Crippen LogP contribution in [-0.4, -0.2) is 43.5 Å². The number of carbonyl (C=O) groups excluding carboxylic acids is 3. The highest BCUT2D eigenvalue weighted by molar-refractivity contribution is 5.90. The van der Waals surface area contributed by atoms with Gasteiger partial charge in [0.15, 0.2) is 0 Å². The lowest BCUT2D eigenvalue weighted by molar-refractivity contribution is -0.194. The van der Waals surface area contributed by atoms with Crippen molar-refractivity contribution in [3.63, 3.8) is 0 Å². The van der Waals surface area contributed by atoms with Crippen molar-refractivity contribution in [2.24, 2.45) is 5.92 Å². The first-order chi connectivity index (χ1) is 9.61. The fourth-order valence-corrected chi connectivity index (χ4v) is 2.02. The highest BCUT2D eigenvalue weighted by Gasteiger charge is 2.46. The Morgan fingerprint density at radius 2 is 2.10 bits per heavy atom. The largest absolute Gasteiger partial charge is 0.462 e. The van der Waals surface area contributed by atoms with E-state index < -0.39 is 36.2 Å². The van der Waals surface area contributed by atoms with E-state index in [4.69, 9.17) is 18.9 Å². The molecule has 7 nitrogen and oxygen atoms in total. The number of rotatable bonds is 4. The first kappa shape index (κ1) is 14.5. The minimum absolute atomic E-state index is 0.167. The third-order valence-electron chi connectivity index (χ3n) is 3.10. The van der Waals surface area contributed by atoms with E-state index in [0.717, 1.165) is 18.9 Å². The topological polar surface area (TPSA) is 88.1 Å². The molecule has 7 heteroatoms. The molecular formula is C13H16O7. The summed E-state index contributed by atoms with van der Waals surface area (Å²) in [6.07, 6.45) is 1.48. The van der Waals surface area contributed by atoms with E-state index in [1.54, 1.807) is 0 Å². The molecular weight excluding hydrogens is 268 g/mol. The number of carbonyl (C=O) groups is 3. The van der Waals surface area contributed by atoms with Gasteiger partial charge in [-0.2, -0.15) is 0 Å². The van der Waals surface area contributed by atoms with Gasteiger partial charge in [-0.1, -0.05) is 6.58 Å². The zero-order valence-corrected chi connectivity index (χ0v) is 10.9. The summed E-state index contributed by atoms with van der Waals surface area (Å²) >= 11 is 0. The predicted octanol–water partition coefficient (Wildman–Crippen LogP) is 0.327. The van der Waals surface area contributed by atoms with Gasteiger partial charge in [0, 0.05) is 12.5 Å². The summed E-state index contributed by atoms with van der Waals surface area (Å²) in [5, 5.41) is 0. The van der Waals surface area contributed by atoms with Crippen molar-refractivity contribution >= 4 is 17.9 Å². The molecule has 110 valence electrons. The molecule has 3 unspecified atom stereocenters. The zero-order chi connectivity index (χ0) is 14.5. The molecule has 0 aromatic carbocycles. The third kappa shape index (κ3) is 3.36. The van der Waals surface area contributed by atoms with E-state index in [1.807, 2.05) is 0 Å². The molecule has 0 amide bonds. The van der Waals surface area contributed by atoms with Gasteiger partial charge in [0.25, 0.3) is 0 Å². The summed E-state index contributed by atoms with van der Waals surface area (Å²) in [5.74, 6) is -3.17. The van der Waals surface area contributed by atoms with Crippen molar-refractivity contribution < 1.29 is 33.3 Å². The molecule has 3 atom stereocenters. The molecule has 2 aliphatic heterocycles. The van der Waals surface area contributed by atoms with Crippen LogP contribution in [0.4, 0.5) is 0 Å². The van der Waals surface area contributed by atoms with E-state index in [9.17, 15) is 14.4 Å². The normalized spacial score (nSPS) is 29.4. The Balaban J connectivity index is 1.94. The van der Waals surface area contributed by atoms with E-state index >= 15 is 0 Å². The van der Waals surface area contributed by atoms with E-state index in [1.165, 1.54) is 0 Å². The van der Waals surface area contributed by atoms with Crippen molar-refractivity contribution in [2.45, 2.75) is 31.7 Å². The van der Waals surface area contributed by atoms with Gasteiger partial charge in [0.2, 0.25) is 12.4 Å². The maximum atomic E-state index is 12.0. The van der Waals surface area contributed by atoms with Gasteiger partial charge in [0.05, 0.1) is 6.61 Å². The number of cyclic esters (lactones) is 1. The first-order valence-electron chi connectivity index (χ1n) is 6.43. The van der Waals surface area contributed by atoms with Crippen molar-refractivity contribution in [1.29, 1.82) is 0 Å². The summed E-state index contributed by atoms with van der Waals surface area (Å²) in [7, 11) is 0. The van der Waals surface area contributed by atoms with Crippen LogP contribution in [0.1, 0.15) is 19.3 Å². The Morgan fingerprint density at radius 3 is 2.75 bits per heavy atom. The summed E-state index contributed by atoms with van der Waals surface area (Å²) in [6, 6.07) is 0. The maximum absolute atomic E-state index is 12.0. The molecule has 2 aliphatic rings. The Kier molecular flexibility index (Phi) is 4.73. The molecule has 0 aromatic rings. The highest BCUT2D eigenvalue weighted by Crippen LogP contribution is 2.23. The number of esters is 3. The van der Waals surface area contributed by atoms with Gasteiger partial charge < -0.3 is 18.9 Å². The molecule has 2 fully saturated rings. The van der Waals surface area contributed by atoms with Crippen LogP contribution in [0.25, 0.3) is 0 Å². The second kappa shape index (κ2) is 6.51. The van der Waals surface area contributed by atoms with Crippen LogP contribution in [0.3, 0.4) is 0 Å². The monoisotopic (exact) mass is 284 g/mol. The average molecular weight is 284 g/mol. The lowest BCUT2D eigenvalue weighted by Crippen LogP contribution is -2.37. The van der Waals surface area contributed by atoms with Crippen LogP contribution < -0.4 is 0 Å². The fourth-order valence-electron chi connectivity index (χ4n) is 2.02. The Hall–Kier alpha value is -1.89. The molecule has 0 radical (unpaired) electrons. The molecule has 0 spiro atoms. The summed E-state index contributed by atoms with van der Waals surface area (Å²) in [5.41, 5.74) is 0. The van der Waals surface area contributed by atoms with Crippen LogP contribution in [-0.2, 0) is 33.3 Å². The molecule has 0 N–H and O–H groups in total. The summed E-state index contributed by atoms with van der Waals surface area (Å²) < 4.78 is 20.0. The zero-order valence-electron chi connectivity index (χ0n) is 10.9. The smallest absolute Gasteiger partial charge is 0.348 e. The molecule has 0 bridgehead atoms. The highest BCUT2D eigenvalue weighted by atomic mass is 16.7. The van der Waals surface area contributed by atoms with Crippen molar-refractivity contribution in [2.75, 3.05) is 13.2 Å². The lowest BCUT2D eigenvalue weighted by Gasteiger charge is -2.24. The molecule has 2 saturated heterocycles. The van der Waals surface area contributed by atoms with Gasteiger partial charge in [-0.05, 0) is 12.8 Å². The van der Waals surface area contributed by atoms with Gasteiger partial charge in [0.1, 0.15) is 12.5 Å². The molecule has 2 rings (SSSR count). The van der Waals surface area contributed by atoms with E-state index in [0.29, 0.717) is 13.0 Å². The molecule has 0 aliphatic carbocycles. The number of hydrogen-bond donors (Lipinski definition) is 0. The molecule has 20 heavy (non-hydrogen) atoms. The van der Waals surface area contributed by atoms with E-state index in [-0.39, 0.29) is 6.61 Å². The van der Waals surface area contributed by atoms with Crippen LogP contribution >= 0.6 is 0 Å². The fraction of sp³-hybridized carbons (Fsp3) is 0.615. The van der Waals surface area contributed by atoms with Crippen LogP contribution in [0.15, 0.2) is 12.7 Å². The Bertz CT molecular complexity index is 411. The van der Waals surface area contributed by atoms with Crippen molar-refractivity contribution in [1.82, 2.24) is 0 Å². The standard InChI is InChI=1S/C13H16O7/c1-2-9(14)19-11-8(7-18-13(11)16)12(15)20-10-5-3-4-6-17-10/h2,8,10-11H,1,3-7H2. The quantitative estimate of drug-likeness (QED) is 0.417. The third-order valence-corrected chi connectivity index (χ3v) is 3.10. The first-order valence-corrected chi connectivity index (χ1v) is 6.43. The van der Waals surface area contributed by atoms with Crippen molar-refractivity contribution in [3.8, 4) is 0 Å². The van der Waals surface area contributed by atoms with Gasteiger partial charge >= 0.3 is 17.9 Å². The second-order valence-electron chi connectivity index (χ2n) is 4.53. The Labute approximate surface area is 115 Å². The minimum Gasteiger partial charge on any atom is -0.462 e. The second-order valence-corrected chi connectivity index (χ2v) is 4.53. The molecule has 0 saturated carbocycles. The average Bonchev–Trinajstić information content (AvgIpc) is 2.81. The minimum atomic E-state index is -1.28. The number of ether oxygens (including phenoxy) is 4. The summed E-state index contributed by atoms with van der Waals surface area (Å²) in [4.78, 5) is 34.6. The Morgan fingerprint density at radius 1 is 1.30 bits per heavy atom. The van der Waals surface area contributed by atoms with Crippen LogP contribution in [0, 0.1) is 5.92 Å². The number of hydrogen-bond acceptors (Lipinski definition) is 7. The predicted molar refractivity (Wildman–Crippen MR) is 64.2 cm³/mol.